The lowest BCUT2D eigenvalue weighted by atomic mass is 10.2. The maximum atomic E-state index is 5.02. The first-order valence-electron chi connectivity index (χ1n) is 6.16. The van der Waals surface area contributed by atoms with Gasteiger partial charge < -0.3 is 14.6 Å². The molecule has 0 aliphatic rings. The lowest BCUT2D eigenvalue weighted by Gasteiger charge is -2.12. The molecule has 0 radical (unpaired) electrons. The lowest BCUT2D eigenvalue weighted by molar-refractivity contribution is 0.193. The maximum Gasteiger partial charge on any atom is 0.0474 e. The Hall–Kier alpha value is -0.800. The summed E-state index contributed by atoms with van der Waals surface area (Å²) in [6.07, 6.45) is 6.64. The van der Waals surface area contributed by atoms with E-state index in [1.807, 2.05) is 0 Å². The number of methoxy groups -OCH3 is 1. The molecule has 0 spiro atoms. The predicted molar refractivity (Wildman–Crippen MR) is 67.6 cm³/mol. The molecule has 3 heteroatoms. The minimum absolute atomic E-state index is 0.426. The standard InChI is InChI=1S/C13H24N2O/c1-4-8-15-9-6-13(11-15)12(2)14-7-5-10-16-3/h6,9,11-12,14H,4-5,7-8,10H2,1-3H3/t12-/m0/s1. The average molecular weight is 224 g/mol. The fourth-order valence-corrected chi connectivity index (χ4v) is 1.77. The summed E-state index contributed by atoms with van der Waals surface area (Å²) in [7, 11) is 1.74. The van der Waals surface area contributed by atoms with Gasteiger partial charge >= 0.3 is 0 Å². The Balaban J connectivity index is 2.31. The zero-order valence-corrected chi connectivity index (χ0v) is 10.7. The van der Waals surface area contributed by atoms with Crippen LogP contribution in [0.4, 0.5) is 0 Å². The Labute approximate surface area is 98.8 Å². The van der Waals surface area contributed by atoms with E-state index in [-0.39, 0.29) is 0 Å². The Morgan fingerprint density at radius 1 is 1.50 bits per heavy atom. The Bertz CT molecular complexity index is 283. The van der Waals surface area contributed by atoms with E-state index in [4.69, 9.17) is 4.74 Å². The van der Waals surface area contributed by atoms with Gasteiger partial charge in [-0.2, -0.15) is 0 Å². The van der Waals surface area contributed by atoms with Gasteiger partial charge in [0.05, 0.1) is 0 Å². The molecule has 1 rings (SSSR count). The normalized spacial score (nSPS) is 12.9. The second-order valence-electron chi connectivity index (χ2n) is 4.20. The lowest BCUT2D eigenvalue weighted by Crippen LogP contribution is -2.20. The summed E-state index contributed by atoms with van der Waals surface area (Å²) in [4.78, 5) is 0. The van der Waals surface area contributed by atoms with Gasteiger partial charge in [-0.1, -0.05) is 6.92 Å². The summed E-state index contributed by atoms with van der Waals surface area (Å²) in [6, 6.07) is 2.62. The molecule has 0 amide bonds. The molecule has 92 valence electrons. The number of aromatic nitrogens is 1. The highest BCUT2D eigenvalue weighted by molar-refractivity contribution is 5.14. The third kappa shape index (κ3) is 4.37. The van der Waals surface area contributed by atoms with Gasteiger partial charge in [0, 0.05) is 38.7 Å². The van der Waals surface area contributed by atoms with Crippen molar-refractivity contribution in [2.45, 2.75) is 39.3 Å². The van der Waals surface area contributed by atoms with Crippen molar-refractivity contribution in [3.63, 3.8) is 0 Å². The predicted octanol–water partition coefficient (Wildman–Crippen LogP) is 2.59. The molecule has 1 heterocycles. The Kier molecular flexibility index (Phi) is 6.19. The number of hydrogen-bond donors (Lipinski definition) is 1. The molecular formula is C13H24N2O. The molecule has 0 aromatic carbocycles. The number of rotatable bonds is 8. The molecule has 3 nitrogen and oxygen atoms in total. The highest BCUT2D eigenvalue weighted by Crippen LogP contribution is 2.12. The molecule has 0 bridgehead atoms. The molecule has 1 atom stereocenters. The van der Waals surface area contributed by atoms with Crippen LogP contribution in [0.5, 0.6) is 0 Å². The first-order chi connectivity index (χ1) is 7.77. The van der Waals surface area contributed by atoms with E-state index in [1.54, 1.807) is 7.11 Å². The van der Waals surface area contributed by atoms with Gasteiger partial charge in [0.15, 0.2) is 0 Å². The number of nitrogens with one attached hydrogen (secondary N) is 1. The number of nitrogens with zero attached hydrogens (tertiary/aromatic N) is 1. The SMILES string of the molecule is CCCn1ccc([C@H](C)NCCCOC)c1. The van der Waals surface area contributed by atoms with Crippen LogP contribution >= 0.6 is 0 Å². The molecule has 0 saturated heterocycles. The van der Waals surface area contributed by atoms with Gasteiger partial charge in [0.25, 0.3) is 0 Å². The van der Waals surface area contributed by atoms with E-state index >= 15 is 0 Å². The fourth-order valence-electron chi connectivity index (χ4n) is 1.77. The van der Waals surface area contributed by atoms with E-state index in [0.717, 1.165) is 26.1 Å². The van der Waals surface area contributed by atoms with Gasteiger partial charge in [-0.3, -0.25) is 0 Å². The summed E-state index contributed by atoms with van der Waals surface area (Å²) >= 11 is 0. The summed E-state index contributed by atoms with van der Waals surface area (Å²) in [5, 5.41) is 3.50. The van der Waals surface area contributed by atoms with Crippen LogP contribution < -0.4 is 5.32 Å². The highest BCUT2D eigenvalue weighted by atomic mass is 16.5. The molecule has 1 N–H and O–H groups in total. The van der Waals surface area contributed by atoms with Crippen molar-refractivity contribution in [2.75, 3.05) is 20.3 Å². The molecular weight excluding hydrogens is 200 g/mol. The van der Waals surface area contributed by atoms with Crippen molar-refractivity contribution in [3.8, 4) is 0 Å². The topological polar surface area (TPSA) is 26.2 Å². The summed E-state index contributed by atoms with van der Waals surface area (Å²) < 4.78 is 7.27. The zero-order chi connectivity index (χ0) is 11.8. The Morgan fingerprint density at radius 3 is 3.00 bits per heavy atom. The molecule has 1 aromatic rings. The van der Waals surface area contributed by atoms with Gasteiger partial charge in [-0.05, 0) is 37.9 Å². The van der Waals surface area contributed by atoms with Gasteiger partial charge in [-0.15, -0.1) is 0 Å². The largest absolute Gasteiger partial charge is 0.385 e. The number of hydrogen-bond acceptors (Lipinski definition) is 2. The number of ether oxygens (including phenoxy) is 1. The smallest absolute Gasteiger partial charge is 0.0474 e. The molecule has 0 fully saturated rings. The summed E-state index contributed by atoms with van der Waals surface area (Å²) in [5.41, 5.74) is 1.37. The minimum Gasteiger partial charge on any atom is -0.385 e. The van der Waals surface area contributed by atoms with Crippen LogP contribution in [-0.4, -0.2) is 24.8 Å². The summed E-state index contributed by atoms with van der Waals surface area (Å²) in [5.74, 6) is 0. The van der Waals surface area contributed by atoms with Crippen LogP contribution in [0.2, 0.25) is 0 Å². The number of aryl methyl sites for hydroxylation is 1. The summed E-state index contributed by atoms with van der Waals surface area (Å²) in [6.45, 7) is 7.35. The quantitative estimate of drug-likeness (QED) is 0.687. The second-order valence-corrected chi connectivity index (χ2v) is 4.20. The van der Waals surface area contributed by atoms with Crippen LogP contribution in [0.15, 0.2) is 18.5 Å². The highest BCUT2D eigenvalue weighted by Gasteiger charge is 2.05. The van der Waals surface area contributed by atoms with Crippen molar-refractivity contribution < 1.29 is 4.74 Å². The van der Waals surface area contributed by atoms with Crippen LogP contribution in [0.1, 0.15) is 38.3 Å². The van der Waals surface area contributed by atoms with Gasteiger partial charge in [0.2, 0.25) is 0 Å². The molecule has 1 aromatic heterocycles. The van der Waals surface area contributed by atoms with Crippen molar-refractivity contribution >= 4 is 0 Å². The van der Waals surface area contributed by atoms with E-state index in [2.05, 4.69) is 42.2 Å². The van der Waals surface area contributed by atoms with Crippen molar-refractivity contribution in [2.24, 2.45) is 0 Å². The molecule has 0 aliphatic heterocycles. The second kappa shape index (κ2) is 7.47. The van der Waals surface area contributed by atoms with Crippen molar-refractivity contribution in [3.05, 3.63) is 24.0 Å². The monoisotopic (exact) mass is 224 g/mol. The average Bonchev–Trinajstić information content (AvgIpc) is 2.73. The van der Waals surface area contributed by atoms with Gasteiger partial charge in [0.1, 0.15) is 0 Å². The third-order valence-corrected chi connectivity index (χ3v) is 2.73. The molecule has 0 aliphatic carbocycles. The maximum absolute atomic E-state index is 5.02. The Morgan fingerprint density at radius 2 is 2.31 bits per heavy atom. The minimum atomic E-state index is 0.426. The molecule has 16 heavy (non-hydrogen) atoms. The first kappa shape index (κ1) is 13.3. The van der Waals surface area contributed by atoms with Crippen LogP contribution in [-0.2, 0) is 11.3 Å². The van der Waals surface area contributed by atoms with Crippen LogP contribution in [0.3, 0.4) is 0 Å². The van der Waals surface area contributed by atoms with Crippen LogP contribution in [0, 0.1) is 0 Å². The zero-order valence-electron chi connectivity index (χ0n) is 10.7. The van der Waals surface area contributed by atoms with Crippen LogP contribution in [0.25, 0.3) is 0 Å². The first-order valence-corrected chi connectivity index (χ1v) is 6.16. The van der Waals surface area contributed by atoms with E-state index in [0.29, 0.717) is 6.04 Å². The van der Waals surface area contributed by atoms with Gasteiger partial charge in [-0.25, -0.2) is 0 Å². The molecule has 0 saturated carbocycles. The van der Waals surface area contributed by atoms with Crippen molar-refractivity contribution in [1.82, 2.24) is 9.88 Å². The van der Waals surface area contributed by atoms with E-state index in [1.165, 1.54) is 12.0 Å². The third-order valence-electron chi connectivity index (χ3n) is 2.73. The van der Waals surface area contributed by atoms with E-state index in [9.17, 15) is 0 Å². The fraction of sp³-hybridized carbons (Fsp3) is 0.692. The van der Waals surface area contributed by atoms with Crippen molar-refractivity contribution in [1.29, 1.82) is 0 Å². The van der Waals surface area contributed by atoms with E-state index < -0.39 is 0 Å². The molecule has 0 unspecified atom stereocenters.